The third-order valence-corrected chi connectivity index (χ3v) is 2.87. The standard InChI is InChI=1S/C13H29NO/c1-4-5-6-7-8-9-13(3)14-10-12(2)11-15/h12-15H,4-11H2,1-3H3. The minimum absolute atomic E-state index is 0.288. The molecule has 2 atom stereocenters. The molecule has 0 bridgehead atoms. The molecule has 2 heteroatoms. The fraction of sp³-hybridized carbons (Fsp3) is 1.00. The van der Waals surface area contributed by atoms with E-state index in [-0.39, 0.29) is 6.61 Å². The first-order valence-electron chi connectivity index (χ1n) is 6.55. The van der Waals surface area contributed by atoms with Crippen LogP contribution in [0.15, 0.2) is 0 Å². The Bertz CT molecular complexity index is 128. The van der Waals surface area contributed by atoms with Crippen molar-refractivity contribution in [3.63, 3.8) is 0 Å². The number of hydrogen-bond acceptors (Lipinski definition) is 2. The summed E-state index contributed by atoms with van der Waals surface area (Å²) >= 11 is 0. The number of aliphatic hydroxyl groups excluding tert-OH is 1. The van der Waals surface area contributed by atoms with Gasteiger partial charge in [-0.15, -0.1) is 0 Å². The van der Waals surface area contributed by atoms with Crippen molar-refractivity contribution in [2.75, 3.05) is 13.2 Å². The fourth-order valence-corrected chi connectivity index (χ4v) is 1.62. The summed E-state index contributed by atoms with van der Waals surface area (Å²) < 4.78 is 0. The summed E-state index contributed by atoms with van der Waals surface area (Å²) in [5, 5.41) is 12.3. The minimum Gasteiger partial charge on any atom is -0.396 e. The summed E-state index contributed by atoms with van der Waals surface area (Å²) in [6, 6.07) is 0.598. The molecule has 0 radical (unpaired) electrons. The van der Waals surface area contributed by atoms with E-state index < -0.39 is 0 Å². The van der Waals surface area contributed by atoms with Crippen molar-refractivity contribution in [1.82, 2.24) is 5.32 Å². The molecule has 0 aliphatic heterocycles. The van der Waals surface area contributed by atoms with Crippen LogP contribution in [0, 0.1) is 5.92 Å². The normalized spacial score (nSPS) is 15.2. The molecular formula is C13H29NO. The monoisotopic (exact) mass is 215 g/mol. The lowest BCUT2D eigenvalue weighted by atomic mass is 10.1. The van der Waals surface area contributed by atoms with Crippen LogP contribution in [-0.2, 0) is 0 Å². The van der Waals surface area contributed by atoms with Crippen LogP contribution >= 0.6 is 0 Å². The van der Waals surface area contributed by atoms with Gasteiger partial charge in [-0.05, 0) is 19.3 Å². The highest BCUT2D eigenvalue weighted by Gasteiger charge is 2.04. The predicted molar refractivity (Wildman–Crippen MR) is 67.1 cm³/mol. The maximum Gasteiger partial charge on any atom is 0.0468 e. The van der Waals surface area contributed by atoms with Crippen molar-refractivity contribution < 1.29 is 5.11 Å². The van der Waals surface area contributed by atoms with Crippen LogP contribution in [0.25, 0.3) is 0 Å². The molecule has 0 saturated carbocycles. The Kier molecular flexibility index (Phi) is 10.4. The van der Waals surface area contributed by atoms with Gasteiger partial charge in [-0.3, -0.25) is 0 Å². The van der Waals surface area contributed by atoms with Crippen LogP contribution < -0.4 is 5.32 Å². The summed E-state index contributed by atoms with van der Waals surface area (Å²) in [5.41, 5.74) is 0. The summed E-state index contributed by atoms with van der Waals surface area (Å²) in [6.45, 7) is 7.79. The Labute approximate surface area is 95.5 Å². The van der Waals surface area contributed by atoms with Gasteiger partial charge < -0.3 is 10.4 Å². The summed E-state index contributed by atoms with van der Waals surface area (Å²) in [4.78, 5) is 0. The molecule has 0 fully saturated rings. The molecule has 92 valence electrons. The van der Waals surface area contributed by atoms with Crippen molar-refractivity contribution in [3.8, 4) is 0 Å². The average molecular weight is 215 g/mol. The highest BCUT2D eigenvalue weighted by molar-refractivity contribution is 4.63. The first-order chi connectivity index (χ1) is 7.20. The van der Waals surface area contributed by atoms with E-state index in [1.807, 2.05) is 0 Å². The largest absolute Gasteiger partial charge is 0.396 e. The van der Waals surface area contributed by atoms with Crippen LogP contribution in [0.1, 0.15) is 59.3 Å². The Hall–Kier alpha value is -0.0800. The minimum atomic E-state index is 0.288. The molecule has 0 aliphatic rings. The van der Waals surface area contributed by atoms with Crippen LogP contribution in [0.3, 0.4) is 0 Å². The third-order valence-electron chi connectivity index (χ3n) is 2.87. The van der Waals surface area contributed by atoms with Gasteiger partial charge in [-0.1, -0.05) is 46.0 Å². The van der Waals surface area contributed by atoms with Crippen LogP contribution in [0.5, 0.6) is 0 Å². The molecule has 2 unspecified atom stereocenters. The molecule has 0 heterocycles. The van der Waals surface area contributed by atoms with Gasteiger partial charge in [-0.2, -0.15) is 0 Å². The number of nitrogens with one attached hydrogen (secondary N) is 1. The lowest BCUT2D eigenvalue weighted by molar-refractivity contribution is 0.230. The van der Waals surface area contributed by atoms with Crippen molar-refractivity contribution >= 4 is 0 Å². The van der Waals surface area contributed by atoms with E-state index in [4.69, 9.17) is 5.11 Å². The molecule has 0 amide bonds. The average Bonchev–Trinajstić information content (AvgIpc) is 2.25. The SMILES string of the molecule is CCCCCCCC(C)NCC(C)CO. The van der Waals surface area contributed by atoms with E-state index in [0.717, 1.165) is 6.54 Å². The zero-order chi connectivity index (χ0) is 11.5. The molecule has 0 rings (SSSR count). The molecule has 0 spiro atoms. The van der Waals surface area contributed by atoms with Crippen molar-refractivity contribution in [1.29, 1.82) is 0 Å². The van der Waals surface area contributed by atoms with E-state index >= 15 is 0 Å². The molecule has 2 nitrogen and oxygen atoms in total. The Morgan fingerprint density at radius 1 is 1.07 bits per heavy atom. The van der Waals surface area contributed by atoms with Gasteiger partial charge in [-0.25, -0.2) is 0 Å². The van der Waals surface area contributed by atoms with E-state index in [1.165, 1.54) is 38.5 Å². The molecular weight excluding hydrogens is 186 g/mol. The second kappa shape index (κ2) is 10.4. The van der Waals surface area contributed by atoms with E-state index in [9.17, 15) is 0 Å². The Balaban J connectivity index is 3.21. The molecule has 0 aromatic rings. The smallest absolute Gasteiger partial charge is 0.0468 e. The van der Waals surface area contributed by atoms with Gasteiger partial charge in [0, 0.05) is 19.2 Å². The molecule has 15 heavy (non-hydrogen) atoms. The van der Waals surface area contributed by atoms with E-state index in [0.29, 0.717) is 12.0 Å². The Morgan fingerprint density at radius 3 is 2.33 bits per heavy atom. The van der Waals surface area contributed by atoms with Gasteiger partial charge >= 0.3 is 0 Å². The van der Waals surface area contributed by atoms with Crippen molar-refractivity contribution in [3.05, 3.63) is 0 Å². The van der Waals surface area contributed by atoms with Crippen molar-refractivity contribution in [2.24, 2.45) is 5.92 Å². The second-order valence-electron chi connectivity index (χ2n) is 4.80. The van der Waals surface area contributed by atoms with Crippen LogP contribution in [-0.4, -0.2) is 24.3 Å². The van der Waals surface area contributed by atoms with E-state index in [1.54, 1.807) is 0 Å². The molecule has 0 saturated heterocycles. The van der Waals surface area contributed by atoms with Gasteiger partial charge in [0.2, 0.25) is 0 Å². The van der Waals surface area contributed by atoms with Crippen LogP contribution in [0.2, 0.25) is 0 Å². The topological polar surface area (TPSA) is 32.3 Å². The first-order valence-corrected chi connectivity index (χ1v) is 6.55. The van der Waals surface area contributed by atoms with E-state index in [2.05, 4.69) is 26.1 Å². The zero-order valence-electron chi connectivity index (χ0n) is 10.8. The lowest BCUT2D eigenvalue weighted by Gasteiger charge is -2.16. The molecule has 0 aromatic heterocycles. The maximum absolute atomic E-state index is 8.88. The number of unbranched alkanes of at least 4 members (excludes halogenated alkanes) is 4. The zero-order valence-corrected chi connectivity index (χ0v) is 10.8. The van der Waals surface area contributed by atoms with Gasteiger partial charge in [0.1, 0.15) is 0 Å². The highest BCUT2D eigenvalue weighted by atomic mass is 16.3. The van der Waals surface area contributed by atoms with Gasteiger partial charge in [0.05, 0.1) is 0 Å². The summed E-state index contributed by atoms with van der Waals surface area (Å²) in [7, 11) is 0. The fourth-order valence-electron chi connectivity index (χ4n) is 1.62. The quantitative estimate of drug-likeness (QED) is 0.549. The summed E-state index contributed by atoms with van der Waals surface area (Å²) in [6.07, 6.45) is 8.06. The van der Waals surface area contributed by atoms with Crippen LogP contribution in [0.4, 0.5) is 0 Å². The van der Waals surface area contributed by atoms with Gasteiger partial charge in [0.15, 0.2) is 0 Å². The Morgan fingerprint density at radius 2 is 1.73 bits per heavy atom. The predicted octanol–water partition coefficient (Wildman–Crippen LogP) is 2.95. The second-order valence-corrected chi connectivity index (χ2v) is 4.80. The lowest BCUT2D eigenvalue weighted by Crippen LogP contribution is -2.31. The van der Waals surface area contributed by atoms with Gasteiger partial charge in [0.25, 0.3) is 0 Å². The maximum atomic E-state index is 8.88. The molecule has 0 aromatic carbocycles. The van der Waals surface area contributed by atoms with Crippen molar-refractivity contribution in [2.45, 2.75) is 65.3 Å². The highest BCUT2D eigenvalue weighted by Crippen LogP contribution is 2.07. The number of rotatable bonds is 10. The number of aliphatic hydroxyl groups is 1. The number of hydrogen-bond donors (Lipinski definition) is 2. The molecule has 0 aliphatic carbocycles. The third kappa shape index (κ3) is 10.2. The first kappa shape index (κ1) is 14.9. The molecule has 2 N–H and O–H groups in total. The summed E-state index contributed by atoms with van der Waals surface area (Å²) in [5.74, 6) is 0.382.